The standard InChI is InChI=1S/C14H18O4/c15-13(16)11-14(7-4-8-14)18-10-9-17-12-5-2-1-3-6-12/h1-3,5-6H,4,7-11H2,(H,15,16). The first-order valence-electron chi connectivity index (χ1n) is 6.24. The highest BCUT2D eigenvalue weighted by molar-refractivity contribution is 5.68. The second-order valence-electron chi connectivity index (χ2n) is 4.62. The quantitative estimate of drug-likeness (QED) is 0.755. The molecule has 1 aliphatic rings. The Morgan fingerprint density at radius 3 is 2.50 bits per heavy atom. The Kier molecular flexibility index (Phi) is 4.20. The molecule has 0 heterocycles. The van der Waals surface area contributed by atoms with E-state index in [0.717, 1.165) is 25.0 Å². The maximum absolute atomic E-state index is 10.8. The minimum Gasteiger partial charge on any atom is -0.491 e. The van der Waals surface area contributed by atoms with Crippen molar-refractivity contribution in [3.63, 3.8) is 0 Å². The molecule has 98 valence electrons. The largest absolute Gasteiger partial charge is 0.491 e. The van der Waals surface area contributed by atoms with E-state index >= 15 is 0 Å². The van der Waals surface area contributed by atoms with Crippen LogP contribution in [-0.4, -0.2) is 29.9 Å². The number of para-hydroxylation sites is 1. The van der Waals surface area contributed by atoms with Gasteiger partial charge in [-0.2, -0.15) is 0 Å². The van der Waals surface area contributed by atoms with Crippen LogP contribution < -0.4 is 4.74 Å². The Labute approximate surface area is 107 Å². The number of rotatable bonds is 7. The fraction of sp³-hybridized carbons (Fsp3) is 0.500. The first-order chi connectivity index (χ1) is 8.70. The zero-order valence-corrected chi connectivity index (χ0v) is 10.3. The fourth-order valence-corrected chi connectivity index (χ4v) is 2.15. The smallest absolute Gasteiger partial charge is 0.306 e. The molecule has 1 saturated carbocycles. The van der Waals surface area contributed by atoms with Crippen LogP contribution in [0.2, 0.25) is 0 Å². The van der Waals surface area contributed by atoms with E-state index in [1.165, 1.54) is 0 Å². The fourth-order valence-electron chi connectivity index (χ4n) is 2.15. The monoisotopic (exact) mass is 250 g/mol. The molecule has 0 aliphatic heterocycles. The molecule has 0 amide bonds. The highest BCUT2D eigenvalue weighted by Crippen LogP contribution is 2.38. The Balaban J connectivity index is 1.70. The molecule has 0 unspecified atom stereocenters. The first-order valence-corrected chi connectivity index (χ1v) is 6.24. The van der Waals surface area contributed by atoms with E-state index in [4.69, 9.17) is 14.6 Å². The van der Waals surface area contributed by atoms with Gasteiger partial charge in [-0.15, -0.1) is 0 Å². The molecule has 1 aromatic carbocycles. The lowest BCUT2D eigenvalue weighted by Crippen LogP contribution is -2.43. The van der Waals surface area contributed by atoms with Gasteiger partial charge in [0.25, 0.3) is 0 Å². The number of carboxylic acid groups (broad SMARTS) is 1. The number of carboxylic acids is 1. The van der Waals surface area contributed by atoms with Crippen LogP contribution in [0.3, 0.4) is 0 Å². The third-order valence-corrected chi connectivity index (χ3v) is 3.24. The van der Waals surface area contributed by atoms with Crippen molar-refractivity contribution in [2.75, 3.05) is 13.2 Å². The molecular formula is C14H18O4. The van der Waals surface area contributed by atoms with E-state index in [1.807, 2.05) is 30.3 Å². The van der Waals surface area contributed by atoms with E-state index in [1.54, 1.807) is 0 Å². The maximum Gasteiger partial charge on any atom is 0.306 e. The summed E-state index contributed by atoms with van der Waals surface area (Å²) in [4.78, 5) is 10.8. The summed E-state index contributed by atoms with van der Waals surface area (Å²) in [6.07, 6.45) is 2.82. The summed E-state index contributed by atoms with van der Waals surface area (Å²) >= 11 is 0. The van der Waals surface area contributed by atoms with Gasteiger partial charge in [-0.05, 0) is 31.4 Å². The van der Waals surface area contributed by atoms with E-state index in [2.05, 4.69) is 0 Å². The number of benzene rings is 1. The van der Waals surface area contributed by atoms with Gasteiger partial charge in [0.05, 0.1) is 18.6 Å². The Bertz CT molecular complexity index is 384. The van der Waals surface area contributed by atoms with Crippen LogP contribution in [0.15, 0.2) is 30.3 Å². The average Bonchev–Trinajstić information content (AvgIpc) is 2.32. The van der Waals surface area contributed by atoms with Crippen molar-refractivity contribution in [1.82, 2.24) is 0 Å². The van der Waals surface area contributed by atoms with Crippen molar-refractivity contribution in [2.45, 2.75) is 31.3 Å². The summed E-state index contributed by atoms with van der Waals surface area (Å²) in [5.41, 5.74) is -0.439. The van der Waals surface area contributed by atoms with Gasteiger partial charge < -0.3 is 14.6 Å². The van der Waals surface area contributed by atoms with E-state index in [-0.39, 0.29) is 6.42 Å². The lowest BCUT2D eigenvalue weighted by Gasteiger charge is -2.40. The second-order valence-corrected chi connectivity index (χ2v) is 4.62. The SMILES string of the molecule is O=C(O)CC1(OCCOc2ccccc2)CCC1. The average molecular weight is 250 g/mol. The van der Waals surface area contributed by atoms with Crippen LogP contribution in [0.4, 0.5) is 0 Å². The molecule has 1 N–H and O–H groups in total. The van der Waals surface area contributed by atoms with E-state index in [0.29, 0.717) is 13.2 Å². The van der Waals surface area contributed by atoms with Gasteiger partial charge in [0.1, 0.15) is 12.4 Å². The summed E-state index contributed by atoms with van der Waals surface area (Å²) in [5.74, 6) is 0.0145. The van der Waals surface area contributed by atoms with Crippen LogP contribution in [0.25, 0.3) is 0 Å². The van der Waals surface area contributed by atoms with Crippen LogP contribution in [-0.2, 0) is 9.53 Å². The molecule has 18 heavy (non-hydrogen) atoms. The van der Waals surface area contributed by atoms with Gasteiger partial charge in [-0.25, -0.2) is 0 Å². The van der Waals surface area contributed by atoms with Gasteiger partial charge in [0.2, 0.25) is 0 Å². The summed E-state index contributed by atoms with van der Waals surface area (Å²) < 4.78 is 11.2. The second kappa shape index (κ2) is 5.87. The van der Waals surface area contributed by atoms with Crippen LogP contribution in [0.5, 0.6) is 5.75 Å². The van der Waals surface area contributed by atoms with Gasteiger partial charge >= 0.3 is 5.97 Å². The molecule has 4 heteroatoms. The van der Waals surface area contributed by atoms with Crippen molar-refractivity contribution in [3.8, 4) is 5.75 Å². The molecule has 4 nitrogen and oxygen atoms in total. The molecule has 1 aromatic rings. The minimum atomic E-state index is -0.793. The van der Waals surface area contributed by atoms with Crippen LogP contribution in [0, 0.1) is 0 Å². The molecule has 0 saturated heterocycles. The van der Waals surface area contributed by atoms with E-state index in [9.17, 15) is 4.79 Å². The Morgan fingerprint density at radius 2 is 1.94 bits per heavy atom. The van der Waals surface area contributed by atoms with Gasteiger partial charge in [-0.1, -0.05) is 18.2 Å². The van der Waals surface area contributed by atoms with Gasteiger partial charge in [0.15, 0.2) is 0 Å². The number of aliphatic carboxylic acids is 1. The molecule has 2 rings (SSSR count). The van der Waals surface area contributed by atoms with Gasteiger partial charge in [-0.3, -0.25) is 4.79 Å². The number of hydrogen-bond acceptors (Lipinski definition) is 3. The molecular weight excluding hydrogens is 232 g/mol. The van der Waals surface area contributed by atoms with Crippen LogP contribution >= 0.6 is 0 Å². The Hall–Kier alpha value is -1.55. The van der Waals surface area contributed by atoms with Crippen molar-refractivity contribution >= 4 is 5.97 Å². The molecule has 0 radical (unpaired) electrons. The molecule has 0 spiro atoms. The maximum atomic E-state index is 10.8. The number of hydrogen-bond donors (Lipinski definition) is 1. The third-order valence-electron chi connectivity index (χ3n) is 3.24. The predicted molar refractivity (Wildman–Crippen MR) is 66.7 cm³/mol. The normalized spacial score (nSPS) is 16.9. The summed E-state index contributed by atoms with van der Waals surface area (Å²) in [6.45, 7) is 0.882. The molecule has 0 bridgehead atoms. The third kappa shape index (κ3) is 3.47. The van der Waals surface area contributed by atoms with Crippen molar-refractivity contribution in [1.29, 1.82) is 0 Å². The molecule has 1 fully saturated rings. The molecule has 0 aromatic heterocycles. The highest BCUT2D eigenvalue weighted by atomic mass is 16.5. The summed E-state index contributed by atoms with van der Waals surface area (Å²) in [7, 11) is 0. The predicted octanol–water partition coefficient (Wildman–Crippen LogP) is 2.48. The van der Waals surface area contributed by atoms with Crippen molar-refractivity contribution in [2.24, 2.45) is 0 Å². The number of ether oxygens (including phenoxy) is 2. The molecule has 0 atom stereocenters. The first kappa shape index (κ1) is 12.9. The lowest BCUT2D eigenvalue weighted by molar-refractivity contribution is -0.155. The Morgan fingerprint density at radius 1 is 1.22 bits per heavy atom. The molecule has 1 aliphatic carbocycles. The zero-order valence-electron chi connectivity index (χ0n) is 10.3. The zero-order chi connectivity index (χ0) is 12.8. The number of carbonyl (C=O) groups is 1. The summed E-state index contributed by atoms with van der Waals surface area (Å²) in [6, 6.07) is 9.52. The van der Waals surface area contributed by atoms with Crippen molar-refractivity contribution < 1.29 is 19.4 Å². The van der Waals surface area contributed by atoms with Crippen molar-refractivity contribution in [3.05, 3.63) is 30.3 Å². The van der Waals surface area contributed by atoms with Gasteiger partial charge in [0, 0.05) is 0 Å². The minimum absolute atomic E-state index is 0.0956. The van der Waals surface area contributed by atoms with Crippen LogP contribution in [0.1, 0.15) is 25.7 Å². The lowest BCUT2D eigenvalue weighted by atomic mass is 9.77. The van der Waals surface area contributed by atoms with E-state index < -0.39 is 11.6 Å². The highest BCUT2D eigenvalue weighted by Gasteiger charge is 2.40. The summed E-state index contributed by atoms with van der Waals surface area (Å²) in [5, 5.41) is 8.84. The topological polar surface area (TPSA) is 55.8 Å².